The summed E-state index contributed by atoms with van der Waals surface area (Å²) in [5, 5.41) is 12.8. The van der Waals surface area contributed by atoms with Crippen LogP contribution in [0.5, 0.6) is 0 Å². The molecule has 0 spiro atoms. The first-order chi connectivity index (χ1) is 8.00. The minimum atomic E-state index is -0.766. The van der Waals surface area contributed by atoms with Crippen LogP contribution in [-0.2, 0) is 0 Å². The van der Waals surface area contributed by atoms with Gasteiger partial charge in [0.2, 0.25) is 0 Å². The molecule has 0 saturated carbocycles. The van der Waals surface area contributed by atoms with Gasteiger partial charge in [0.25, 0.3) is 5.91 Å². The molecule has 1 atom stereocenters. The van der Waals surface area contributed by atoms with E-state index in [2.05, 4.69) is 21.2 Å². The number of amides is 1. The fraction of sp³-hybridized carbons (Fsp3) is 0.545. The third kappa shape index (κ3) is 3.05. The maximum absolute atomic E-state index is 11.8. The first-order valence-electron chi connectivity index (χ1n) is 5.34. The number of hydrogen-bond donors (Lipinski definition) is 2. The lowest BCUT2D eigenvalue weighted by Crippen LogP contribution is -2.43. The summed E-state index contributed by atoms with van der Waals surface area (Å²) in [7, 11) is 0. The van der Waals surface area contributed by atoms with Crippen molar-refractivity contribution in [3.8, 4) is 0 Å². The Labute approximate surface area is 112 Å². The molecule has 0 bridgehead atoms. The highest BCUT2D eigenvalue weighted by Gasteiger charge is 2.32. The van der Waals surface area contributed by atoms with Crippen molar-refractivity contribution < 1.29 is 14.3 Å². The van der Waals surface area contributed by atoms with Gasteiger partial charge in [-0.05, 0) is 41.1 Å². The molecule has 4 nitrogen and oxygen atoms in total. The molecule has 2 rings (SSSR count). The van der Waals surface area contributed by atoms with Crippen molar-refractivity contribution in [2.75, 3.05) is 18.1 Å². The van der Waals surface area contributed by atoms with Crippen LogP contribution in [0.25, 0.3) is 0 Å². The molecule has 1 saturated heterocycles. The van der Waals surface area contributed by atoms with Gasteiger partial charge in [0.1, 0.15) is 0 Å². The number of carbonyl (C=O) groups excluding carboxylic acids is 1. The van der Waals surface area contributed by atoms with Crippen molar-refractivity contribution in [3.63, 3.8) is 0 Å². The van der Waals surface area contributed by atoms with Crippen LogP contribution in [0.3, 0.4) is 0 Å². The van der Waals surface area contributed by atoms with E-state index in [1.54, 1.807) is 17.8 Å². The Morgan fingerprint density at radius 1 is 1.76 bits per heavy atom. The minimum absolute atomic E-state index is 0.274. The molecule has 94 valence electrons. The third-order valence-electron chi connectivity index (χ3n) is 2.75. The smallest absolute Gasteiger partial charge is 0.287 e. The molecule has 1 fully saturated rings. The normalized spacial score (nSPS) is 23.9. The number of halogens is 1. The molecule has 2 heterocycles. The van der Waals surface area contributed by atoms with E-state index in [1.165, 1.54) is 0 Å². The van der Waals surface area contributed by atoms with Crippen molar-refractivity contribution in [3.05, 3.63) is 22.1 Å². The maximum Gasteiger partial charge on any atom is 0.287 e. The summed E-state index contributed by atoms with van der Waals surface area (Å²) < 4.78 is 5.78. The standard InChI is InChI=1S/C11H14BrNO3S/c1-7-4-8(12)16-9(7)10(14)13-5-11(15)2-3-17-6-11/h4,15H,2-3,5-6H2,1H3,(H,13,14). The number of hydrogen-bond acceptors (Lipinski definition) is 4. The Morgan fingerprint density at radius 3 is 3.06 bits per heavy atom. The van der Waals surface area contributed by atoms with Gasteiger partial charge in [0, 0.05) is 17.9 Å². The zero-order valence-electron chi connectivity index (χ0n) is 9.46. The zero-order valence-corrected chi connectivity index (χ0v) is 11.9. The van der Waals surface area contributed by atoms with E-state index in [0.29, 0.717) is 16.2 Å². The summed E-state index contributed by atoms with van der Waals surface area (Å²) in [5.41, 5.74) is 0.0140. The van der Waals surface area contributed by atoms with E-state index < -0.39 is 5.60 Å². The molecule has 0 aromatic carbocycles. The first kappa shape index (κ1) is 13.0. The average molecular weight is 320 g/mol. The molecule has 1 amide bonds. The third-order valence-corrected chi connectivity index (χ3v) is 4.38. The topological polar surface area (TPSA) is 62.5 Å². The second-order valence-corrected chi connectivity index (χ2v) is 6.16. The molecule has 17 heavy (non-hydrogen) atoms. The van der Waals surface area contributed by atoms with Crippen molar-refractivity contribution in [1.82, 2.24) is 5.32 Å². The molecular formula is C11H14BrNO3S. The highest BCUT2D eigenvalue weighted by Crippen LogP contribution is 2.27. The summed E-state index contributed by atoms with van der Waals surface area (Å²) >= 11 is 4.88. The van der Waals surface area contributed by atoms with Crippen LogP contribution < -0.4 is 5.32 Å². The van der Waals surface area contributed by atoms with E-state index in [9.17, 15) is 9.90 Å². The summed E-state index contributed by atoms with van der Waals surface area (Å²) in [5.74, 6) is 1.64. The van der Waals surface area contributed by atoms with Gasteiger partial charge < -0.3 is 14.8 Å². The lowest BCUT2D eigenvalue weighted by molar-refractivity contribution is 0.0602. The Balaban J connectivity index is 1.95. The van der Waals surface area contributed by atoms with E-state index in [1.807, 2.05) is 6.92 Å². The van der Waals surface area contributed by atoms with Crippen LogP contribution in [0.4, 0.5) is 0 Å². The van der Waals surface area contributed by atoms with Gasteiger partial charge in [0.05, 0.1) is 5.60 Å². The highest BCUT2D eigenvalue weighted by atomic mass is 79.9. The quantitative estimate of drug-likeness (QED) is 0.894. The lowest BCUT2D eigenvalue weighted by Gasteiger charge is -2.21. The lowest BCUT2D eigenvalue weighted by atomic mass is 10.0. The molecule has 1 unspecified atom stereocenters. The number of rotatable bonds is 3. The molecule has 0 radical (unpaired) electrons. The molecule has 1 aromatic heterocycles. The van der Waals surface area contributed by atoms with Crippen molar-refractivity contribution >= 4 is 33.6 Å². The molecule has 1 aliphatic rings. The van der Waals surface area contributed by atoms with Crippen LogP contribution in [-0.4, -0.2) is 34.7 Å². The number of aryl methyl sites for hydroxylation is 1. The molecule has 0 aliphatic carbocycles. The fourth-order valence-corrected chi connectivity index (χ4v) is 3.53. The van der Waals surface area contributed by atoms with Gasteiger partial charge in [-0.1, -0.05) is 0 Å². The van der Waals surface area contributed by atoms with Crippen LogP contribution in [0.2, 0.25) is 0 Å². The van der Waals surface area contributed by atoms with E-state index >= 15 is 0 Å². The summed E-state index contributed by atoms with van der Waals surface area (Å²) in [6.45, 7) is 2.08. The van der Waals surface area contributed by atoms with Gasteiger partial charge in [-0.3, -0.25) is 4.79 Å². The molecule has 2 N–H and O–H groups in total. The average Bonchev–Trinajstić information content (AvgIpc) is 2.83. The molecule has 1 aliphatic heterocycles. The Hall–Kier alpha value is -0.460. The Morgan fingerprint density at radius 2 is 2.53 bits per heavy atom. The summed E-state index contributed by atoms with van der Waals surface area (Å²) in [4.78, 5) is 11.8. The van der Waals surface area contributed by atoms with Crippen LogP contribution in [0.1, 0.15) is 22.5 Å². The Kier molecular flexibility index (Phi) is 3.85. The van der Waals surface area contributed by atoms with Crippen LogP contribution in [0, 0.1) is 6.92 Å². The number of aliphatic hydroxyl groups is 1. The van der Waals surface area contributed by atoms with Gasteiger partial charge in [-0.2, -0.15) is 11.8 Å². The summed E-state index contributed by atoms with van der Waals surface area (Å²) in [6.07, 6.45) is 0.721. The van der Waals surface area contributed by atoms with E-state index in [0.717, 1.165) is 17.7 Å². The molecular weight excluding hydrogens is 306 g/mol. The van der Waals surface area contributed by atoms with E-state index in [4.69, 9.17) is 4.42 Å². The second kappa shape index (κ2) is 5.04. The van der Waals surface area contributed by atoms with Gasteiger partial charge in [0.15, 0.2) is 10.4 Å². The minimum Gasteiger partial charge on any atom is -0.444 e. The van der Waals surface area contributed by atoms with Crippen LogP contribution >= 0.6 is 27.7 Å². The van der Waals surface area contributed by atoms with Crippen LogP contribution in [0.15, 0.2) is 15.2 Å². The maximum atomic E-state index is 11.8. The largest absolute Gasteiger partial charge is 0.444 e. The van der Waals surface area contributed by atoms with Gasteiger partial charge >= 0.3 is 0 Å². The first-order valence-corrected chi connectivity index (χ1v) is 7.29. The number of nitrogens with one attached hydrogen (secondary N) is 1. The highest BCUT2D eigenvalue weighted by molar-refractivity contribution is 9.10. The number of thioether (sulfide) groups is 1. The molecule has 6 heteroatoms. The number of furan rings is 1. The van der Waals surface area contributed by atoms with Gasteiger partial charge in [-0.15, -0.1) is 0 Å². The fourth-order valence-electron chi connectivity index (χ4n) is 1.73. The van der Waals surface area contributed by atoms with Crippen molar-refractivity contribution in [2.24, 2.45) is 0 Å². The monoisotopic (exact) mass is 319 g/mol. The summed E-state index contributed by atoms with van der Waals surface area (Å²) in [6, 6.07) is 1.75. The molecule has 1 aromatic rings. The predicted octanol–water partition coefficient (Wildman–Crippen LogP) is 1.95. The van der Waals surface area contributed by atoms with Gasteiger partial charge in [-0.25, -0.2) is 0 Å². The number of carbonyl (C=O) groups is 1. The zero-order chi connectivity index (χ0) is 12.5. The van der Waals surface area contributed by atoms with E-state index in [-0.39, 0.29) is 12.5 Å². The van der Waals surface area contributed by atoms with Crippen molar-refractivity contribution in [2.45, 2.75) is 18.9 Å². The SMILES string of the molecule is Cc1cc(Br)oc1C(=O)NCC1(O)CCSC1. The predicted molar refractivity (Wildman–Crippen MR) is 70.4 cm³/mol. The Bertz CT molecular complexity index is 426. The van der Waals surface area contributed by atoms with Crippen molar-refractivity contribution in [1.29, 1.82) is 0 Å². The second-order valence-electron chi connectivity index (χ2n) is 4.27.